The molecule has 4 aromatic carbocycles. The fourth-order valence-corrected chi connectivity index (χ4v) is 3.69. The number of methoxy groups -OCH3 is 1. The SMILES string of the molecule is COc1ccc(C(=O)Oc2ccccc2/C=C/C(=O)NNC(=O)c2ccc(NC(=O)Cc3ccccc3)cc2)cc1. The van der Waals surface area contributed by atoms with Crippen LogP contribution in [0.1, 0.15) is 31.8 Å². The van der Waals surface area contributed by atoms with Crippen molar-refractivity contribution in [3.05, 3.63) is 131 Å². The Bertz CT molecular complexity index is 1550. The number of amides is 3. The molecule has 0 saturated heterocycles. The molecule has 0 heterocycles. The molecule has 0 aliphatic heterocycles. The standard InChI is InChI=1S/C32H27N3O6/c1-40-27-18-13-25(14-19-27)32(39)41-28-10-6-5-9-23(28)15-20-29(36)34-35-31(38)24-11-16-26(17-12-24)33-30(37)21-22-7-3-2-4-8-22/h2-20H,21H2,1H3,(H,33,37)(H,34,36)(H,35,38)/b20-15+. The Morgan fingerprint density at radius 2 is 1.39 bits per heavy atom. The predicted molar refractivity (Wildman–Crippen MR) is 154 cm³/mol. The third-order valence-corrected chi connectivity index (χ3v) is 5.80. The van der Waals surface area contributed by atoms with Gasteiger partial charge in [-0.25, -0.2) is 4.79 Å². The van der Waals surface area contributed by atoms with Crippen molar-refractivity contribution in [1.82, 2.24) is 10.9 Å². The number of benzene rings is 4. The number of nitrogens with one attached hydrogen (secondary N) is 3. The maximum Gasteiger partial charge on any atom is 0.343 e. The van der Waals surface area contributed by atoms with Crippen molar-refractivity contribution >= 4 is 35.5 Å². The summed E-state index contributed by atoms with van der Waals surface area (Å²) in [5, 5.41) is 2.78. The van der Waals surface area contributed by atoms with Gasteiger partial charge in [-0.2, -0.15) is 0 Å². The van der Waals surface area contributed by atoms with Crippen LogP contribution in [0.5, 0.6) is 11.5 Å². The molecule has 0 radical (unpaired) electrons. The molecular weight excluding hydrogens is 522 g/mol. The van der Waals surface area contributed by atoms with Gasteiger partial charge in [-0.15, -0.1) is 0 Å². The molecule has 0 atom stereocenters. The molecule has 0 aromatic heterocycles. The smallest absolute Gasteiger partial charge is 0.343 e. The second-order valence-electron chi connectivity index (χ2n) is 8.72. The maximum atomic E-state index is 12.5. The van der Waals surface area contributed by atoms with Crippen molar-refractivity contribution < 1.29 is 28.7 Å². The number of carbonyl (C=O) groups is 4. The van der Waals surface area contributed by atoms with Crippen LogP contribution in [0.3, 0.4) is 0 Å². The van der Waals surface area contributed by atoms with E-state index in [1.54, 1.807) is 60.7 Å². The van der Waals surface area contributed by atoms with Crippen molar-refractivity contribution in [2.24, 2.45) is 0 Å². The molecule has 0 saturated carbocycles. The third kappa shape index (κ3) is 8.39. The molecule has 41 heavy (non-hydrogen) atoms. The largest absolute Gasteiger partial charge is 0.497 e. The maximum absolute atomic E-state index is 12.5. The first kappa shape index (κ1) is 28.3. The molecule has 3 N–H and O–H groups in total. The Hall–Kier alpha value is -5.70. The molecule has 0 unspecified atom stereocenters. The minimum absolute atomic E-state index is 0.176. The number of hydrogen-bond donors (Lipinski definition) is 3. The van der Waals surface area contributed by atoms with Gasteiger partial charge in [0.1, 0.15) is 11.5 Å². The van der Waals surface area contributed by atoms with Gasteiger partial charge in [-0.1, -0.05) is 48.5 Å². The first-order valence-corrected chi connectivity index (χ1v) is 12.6. The van der Waals surface area contributed by atoms with E-state index in [4.69, 9.17) is 9.47 Å². The van der Waals surface area contributed by atoms with Crippen LogP contribution in [0.2, 0.25) is 0 Å². The molecule has 3 amide bonds. The lowest BCUT2D eigenvalue weighted by atomic mass is 10.1. The molecule has 0 aliphatic carbocycles. The van der Waals surface area contributed by atoms with Crippen molar-refractivity contribution in [2.75, 3.05) is 12.4 Å². The number of esters is 1. The zero-order valence-electron chi connectivity index (χ0n) is 22.1. The second-order valence-corrected chi connectivity index (χ2v) is 8.72. The van der Waals surface area contributed by atoms with Crippen molar-refractivity contribution in [3.63, 3.8) is 0 Å². The molecule has 0 aliphatic rings. The van der Waals surface area contributed by atoms with Crippen LogP contribution in [-0.2, 0) is 16.0 Å². The van der Waals surface area contributed by atoms with Gasteiger partial charge in [-0.3, -0.25) is 25.2 Å². The molecule has 9 nitrogen and oxygen atoms in total. The fraction of sp³-hybridized carbons (Fsp3) is 0.0625. The van der Waals surface area contributed by atoms with Gasteiger partial charge in [-0.05, 0) is 66.2 Å². The number of rotatable bonds is 9. The fourth-order valence-electron chi connectivity index (χ4n) is 3.69. The van der Waals surface area contributed by atoms with Gasteiger partial charge in [0, 0.05) is 22.9 Å². The highest BCUT2D eigenvalue weighted by molar-refractivity contribution is 5.99. The summed E-state index contributed by atoms with van der Waals surface area (Å²) in [5.74, 6) is -1.00. The third-order valence-electron chi connectivity index (χ3n) is 5.80. The average molecular weight is 550 g/mol. The first-order valence-electron chi connectivity index (χ1n) is 12.6. The molecule has 0 spiro atoms. The van der Waals surface area contributed by atoms with Gasteiger partial charge >= 0.3 is 5.97 Å². The summed E-state index contributed by atoms with van der Waals surface area (Å²) in [5.41, 5.74) is 7.19. The highest BCUT2D eigenvalue weighted by atomic mass is 16.5. The summed E-state index contributed by atoms with van der Waals surface area (Å²) in [6.07, 6.45) is 2.90. The van der Waals surface area contributed by atoms with Gasteiger partial charge in [0.15, 0.2) is 0 Å². The van der Waals surface area contributed by atoms with E-state index >= 15 is 0 Å². The summed E-state index contributed by atoms with van der Waals surface area (Å²) in [4.78, 5) is 49.5. The Labute approximate surface area is 236 Å². The van der Waals surface area contributed by atoms with E-state index in [1.165, 1.54) is 31.4 Å². The normalized spacial score (nSPS) is 10.5. The van der Waals surface area contributed by atoms with Crippen LogP contribution in [-0.4, -0.2) is 30.8 Å². The predicted octanol–water partition coefficient (Wildman–Crippen LogP) is 4.57. The molecule has 0 fully saturated rings. The highest BCUT2D eigenvalue weighted by Gasteiger charge is 2.12. The first-order chi connectivity index (χ1) is 19.9. The van der Waals surface area contributed by atoms with Gasteiger partial charge in [0.25, 0.3) is 11.8 Å². The molecule has 4 rings (SSSR count). The van der Waals surface area contributed by atoms with E-state index in [-0.39, 0.29) is 23.6 Å². The van der Waals surface area contributed by atoms with E-state index in [2.05, 4.69) is 16.2 Å². The van der Waals surface area contributed by atoms with Crippen LogP contribution in [0.4, 0.5) is 5.69 Å². The Morgan fingerprint density at radius 1 is 0.732 bits per heavy atom. The number of hydrazine groups is 1. The van der Waals surface area contributed by atoms with E-state index in [0.717, 1.165) is 5.56 Å². The zero-order chi connectivity index (χ0) is 29.0. The minimum atomic E-state index is -0.598. The molecular formula is C32H27N3O6. The lowest BCUT2D eigenvalue weighted by Crippen LogP contribution is -2.40. The van der Waals surface area contributed by atoms with Crippen molar-refractivity contribution in [1.29, 1.82) is 0 Å². The van der Waals surface area contributed by atoms with Crippen LogP contribution in [0, 0.1) is 0 Å². The van der Waals surface area contributed by atoms with Gasteiger partial charge in [0.05, 0.1) is 19.1 Å². The quantitative estimate of drug-likeness (QED) is 0.122. The van der Waals surface area contributed by atoms with E-state index in [1.807, 2.05) is 30.3 Å². The Balaban J connectivity index is 1.27. The molecule has 0 bridgehead atoms. The van der Waals surface area contributed by atoms with Crippen LogP contribution in [0.25, 0.3) is 6.08 Å². The molecule has 206 valence electrons. The lowest BCUT2D eigenvalue weighted by molar-refractivity contribution is -0.117. The lowest BCUT2D eigenvalue weighted by Gasteiger charge is -2.09. The minimum Gasteiger partial charge on any atom is -0.497 e. The molecule has 4 aromatic rings. The van der Waals surface area contributed by atoms with E-state index in [9.17, 15) is 19.2 Å². The number of para-hydroxylation sites is 1. The van der Waals surface area contributed by atoms with Crippen LogP contribution < -0.4 is 25.6 Å². The number of hydrogen-bond acceptors (Lipinski definition) is 6. The summed E-state index contributed by atoms with van der Waals surface area (Å²) in [6, 6.07) is 28.8. The van der Waals surface area contributed by atoms with Crippen LogP contribution >= 0.6 is 0 Å². The Kier molecular flexibility index (Phi) is 9.60. The second kappa shape index (κ2) is 13.9. The number of carbonyl (C=O) groups excluding carboxylic acids is 4. The molecule has 9 heteroatoms. The van der Waals surface area contributed by atoms with Gasteiger partial charge < -0.3 is 14.8 Å². The average Bonchev–Trinajstić information content (AvgIpc) is 3.00. The Morgan fingerprint density at radius 3 is 2.10 bits per heavy atom. The monoisotopic (exact) mass is 549 g/mol. The van der Waals surface area contributed by atoms with E-state index in [0.29, 0.717) is 22.6 Å². The zero-order valence-corrected chi connectivity index (χ0v) is 22.1. The van der Waals surface area contributed by atoms with Crippen LogP contribution in [0.15, 0.2) is 109 Å². The van der Waals surface area contributed by atoms with Gasteiger partial charge in [0.2, 0.25) is 5.91 Å². The summed E-state index contributed by atoms with van der Waals surface area (Å²) >= 11 is 0. The summed E-state index contributed by atoms with van der Waals surface area (Å²) in [7, 11) is 1.53. The summed E-state index contributed by atoms with van der Waals surface area (Å²) < 4.78 is 10.6. The van der Waals surface area contributed by atoms with Crippen molar-refractivity contribution in [2.45, 2.75) is 6.42 Å². The topological polar surface area (TPSA) is 123 Å². The van der Waals surface area contributed by atoms with E-state index < -0.39 is 17.8 Å². The van der Waals surface area contributed by atoms with Crippen molar-refractivity contribution in [3.8, 4) is 11.5 Å². The summed E-state index contributed by atoms with van der Waals surface area (Å²) in [6.45, 7) is 0. The number of ether oxygens (including phenoxy) is 2. The highest BCUT2D eigenvalue weighted by Crippen LogP contribution is 2.21. The number of anilines is 1.